The summed E-state index contributed by atoms with van der Waals surface area (Å²) in [5, 5.41) is 12.2. The van der Waals surface area contributed by atoms with Crippen molar-refractivity contribution in [1.82, 2.24) is 34.7 Å². The number of carbonyl (C=O) groups excluding carboxylic acids is 1. The van der Waals surface area contributed by atoms with Gasteiger partial charge in [-0.25, -0.2) is 9.50 Å². The van der Waals surface area contributed by atoms with Gasteiger partial charge in [-0.05, 0) is 31.0 Å². The molecule has 1 N–H and O–H groups in total. The molecule has 2 aliphatic rings. The van der Waals surface area contributed by atoms with Crippen LogP contribution in [0.3, 0.4) is 0 Å². The molecular formula is C20H16F3N7O2. The van der Waals surface area contributed by atoms with Gasteiger partial charge in [-0.15, -0.1) is 10.2 Å². The molecule has 0 radical (unpaired) electrons. The maximum absolute atomic E-state index is 13.5. The van der Waals surface area contributed by atoms with E-state index in [1.165, 1.54) is 34.1 Å². The predicted molar refractivity (Wildman–Crippen MR) is 102 cm³/mol. The van der Waals surface area contributed by atoms with Gasteiger partial charge in [0, 0.05) is 30.8 Å². The number of aromatic nitrogens is 6. The predicted octanol–water partition coefficient (Wildman–Crippen LogP) is 3.12. The summed E-state index contributed by atoms with van der Waals surface area (Å²) in [6.45, 7) is 0.292. The number of nitrogens with zero attached hydrogens (tertiary/aromatic N) is 6. The number of imidazole rings is 1. The van der Waals surface area contributed by atoms with E-state index in [0.717, 1.165) is 24.6 Å². The number of rotatable bonds is 3. The van der Waals surface area contributed by atoms with Crippen molar-refractivity contribution in [2.45, 2.75) is 37.4 Å². The van der Waals surface area contributed by atoms with E-state index in [9.17, 15) is 18.0 Å². The molecule has 32 heavy (non-hydrogen) atoms. The minimum atomic E-state index is -4.54. The van der Waals surface area contributed by atoms with Crippen LogP contribution in [0.15, 0.2) is 35.1 Å². The van der Waals surface area contributed by atoms with Gasteiger partial charge in [-0.3, -0.25) is 4.79 Å². The van der Waals surface area contributed by atoms with Crippen LogP contribution in [0, 0.1) is 0 Å². The van der Waals surface area contributed by atoms with E-state index in [2.05, 4.69) is 25.3 Å². The first kappa shape index (κ1) is 19.0. The molecule has 0 saturated heterocycles. The molecule has 164 valence electrons. The van der Waals surface area contributed by atoms with Gasteiger partial charge in [0.2, 0.25) is 5.89 Å². The molecule has 1 saturated carbocycles. The van der Waals surface area contributed by atoms with Crippen LogP contribution in [-0.4, -0.2) is 47.1 Å². The number of aromatic amines is 1. The highest BCUT2D eigenvalue weighted by Gasteiger charge is 2.40. The largest absolute Gasteiger partial charge is 0.418 e. The average molecular weight is 443 g/mol. The van der Waals surface area contributed by atoms with Crippen molar-refractivity contribution in [2.24, 2.45) is 0 Å². The number of fused-ring (bicyclic) bond motifs is 2. The zero-order chi connectivity index (χ0) is 22.0. The molecule has 1 fully saturated rings. The molecule has 0 aromatic carbocycles. The lowest BCUT2D eigenvalue weighted by Gasteiger charge is -2.32. The zero-order valence-corrected chi connectivity index (χ0v) is 16.5. The quantitative estimate of drug-likeness (QED) is 0.522. The van der Waals surface area contributed by atoms with Gasteiger partial charge in [0.05, 0.1) is 28.8 Å². The van der Waals surface area contributed by atoms with Gasteiger partial charge in [-0.1, -0.05) is 0 Å². The fourth-order valence-electron chi connectivity index (χ4n) is 4.14. The summed E-state index contributed by atoms with van der Waals surface area (Å²) in [5.41, 5.74) is 0.699. The standard InChI is InChI=1S/C20H16F3N7O2/c21-20(22,23)11-2-1-6-30-14(11)8-13(28-30)16-15-12(24-9-25-15)5-7-29(16)19(31)18-27-26-17(32-18)10-3-4-10/h1-2,6,8-10,16H,3-5,7H2,(H,24,25). The van der Waals surface area contributed by atoms with Crippen molar-refractivity contribution in [3.8, 4) is 0 Å². The van der Waals surface area contributed by atoms with Gasteiger partial charge in [0.25, 0.3) is 0 Å². The van der Waals surface area contributed by atoms with Crippen LogP contribution < -0.4 is 0 Å². The Balaban J connectivity index is 1.45. The second-order valence-electron chi connectivity index (χ2n) is 7.96. The number of pyridine rings is 1. The van der Waals surface area contributed by atoms with E-state index in [1.807, 2.05) is 0 Å². The molecule has 6 rings (SSSR count). The lowest BCUT2D eigenvalue weighted by molar-refractivity contribution is -0.136. The van der Waals surface area contributed by atoms with Gasteiger partial charge >= 0.3 is 18.0 Å². The van der Waals surface area contributed by atoms with E-state index in [-0.39, 0.29) is 23.0 Å². The van der Waals surface area contributed by atoms with Crippen molar-refractivity contribution < 1.29 is 22.4 Å². The summed E-state index contributed by atoms with van der Waals surface area (Å²) in [5.74, 6) is -0.0185. The Morgan fingerprint density at radius 1 is 1.25 bits per heavy atom. The first-order chi connectivity index (χ1) is 15.4. The van der Waals surface area contributed by atoms with E-state index in [4.69, 9.17) is 4.42 Å². The SMILES string of the molecule is O=C(c1nnc(C2CC2)o1)N1CCc2[nH]cnc2C1c1cc2c(C(F)(F)F)cccn2n1. The highest BCUT2D eigenvalue weighted by atomic mass is 19.4. The summed E-state index contributed by atoms with van der Waals surface area (Å²) in [4.78, 5) is 22.1. The minimum Gasteiger partial charge on any atom is -0.417 e. The Bertz CT molecular complexity index is 1330. The molecule has 1 unspecified atom stereocenters. The number of nitrogens with one attached hydrogen (secondary N) is 1. The van der Waals surface area contributed by atoms with Gasteiger partial charge in [0.1, 0.15) is 6.04 Å². The van der Waals surface area contributed by atoms with Crippen molar-refractivity contribution in [3.05, 3.63) is 65.1 Å². The summed E-state index contributed by atoms with van der Waals surface area (Å²) >= 11 is 0. The van der Waals surface area contributed by atoms with Crippen LogP contribution in [0.2, 0.25) is 0 Å². The molecule has 0 spiro atoms. The first-order valence-corrected chi connectivity index (χ1v) is 10.1. The molecule has 9 nitrogen and oxygen atoms in total. The maximum atomic E-state index is 13.5. The van der Waals surface area contributed by atoms with E-state index >= 15 is 0 Å². The van der Waals surface area contributed by atoms with E-state index in [1.54, 1.807) is 0 Å². The lowest BCUT2D eigenvalue weighted by atomic mass is 9.99. The van der Waals surface area contributed by atoms with Crippen LogP contribution >= 0.6 is 0 Å². The van der Waals surface area contributed by atoms with E-state index < -0.39 is 23.7 Å². The number of alkyl halides is 3. The molecule has 12 heteroatoms. The molecule has 1 aliphatic carbocycles. The maximum Gasteiger partial charge on any atom is 0.418 e. The van der Waals surface area contributed by atoms with E-state index in [0.29, 0.717) is 24.6 Å². The van der Waals surface area contributed by atoms with Crippen molar-refractivity contribution >= 4 is 11.4 Å². The van der Waals surface area contributed by atoms with Gasteiger partial charge in [-0.2, -0.15) is 18.3 Å². The third kappa shape index (κ3) is 2.97. The lowest BCUT2D eigenvalue weighted by Crippen LogP contribution is -2.41. The number of hydrogen-bond acceptors (Lipinski definition) is 6. The van der Waals surface area contributed by atoms with Gasteiger partial charge < -0.3 is 14.3 Å². The summed E-state index contributed by atoms with van der Waals surface area (Å²) in [7, 11) is 0. The number of hydrogen-bond donors (Lipinski definition) is 1. The Morgan fingerprint density at radius 2 is 2.09 bits per heavy atom. The molecular weight excluding hydrogens is 427 g/mol. The molecule has 1 aliphatic heterocycles. The molecule has 0 bridgehead atoms. The Morgan fingerprint density at radius 3 is 2.88 bits per heavy atom. The Hall–Kier alpha value is -3.70. The topological polar surface area (TPSA) is 105 Å². The minimum absolute atomic E-state index is 0.0983. The van der Waals surface area contributed by atoms with Crippen LogP contribution in [0.4, 0.5) is 13.2 Å². The number of H-pyrrole nitrogens is 1. The monoisotopic (exact) mass is 443 g/mol. The molecule has 4 aromatic heterocycles. The van der Waals surface area contributed by atoms with Gasteiger partial charge in [0.15, 0.2) is 0 Å². The fraction of sp³-hybridized carbons (Fsp3) is 0.350. The van der Waals surface area contributed by atoms with Crippen LogP contribution in [0.5, 0.6) is 0 Å². The molecule has 4 aromatic rings. The third-order valence-corrected chi connectivity index (χ3v) is 5.84. The average Bonchev–Trinajstić information content (AvgIpc) is 3.18. The van der Waals surface area contributed by atoms with Crippen molar-refractivity contribution in [2.75, 3.05) is 6.54 Å². The Labute approximate surface area is 178 Å². The number of halogens is 3. The third-order valence-electron chi connectivity index (χ3n) is 5.84. The highest BCUT2D eigenvalue weighted by molar-refractivity contribution is 5.90. The second kappa shape index (κ2) is 6.65. The molecule has 1 atom stereocenters. The normalized spacial score (nSPS) is 18.8. The summed E-state index contributed by atoms with van der Waals surface area (Å²) < 4.78 is 47.3. The number of carbonyl (C=O) groups is 1. The van der Waals surface area contributed by atoms with Crippen LogP contribution in [0.25, 0.3) is 5.52 Å². The Kier molecular flexibility index (Phi) is 3.95. The molecule has 5 heterocycles. The summed E-state index contributed by atoms with van der Waals surface area (Å²) in [6, 6.07) is 2.84. The van der Waals surface area contributed by atoms with Crippen LogP contribution in [-0.2, 0) is 12.6 Å². The second-order valence-corrected chi connectivity index (χ2v) is 7.96. The zero-order valence-electron chi connectivity index (χ0n) is 16.5. The summed E-state index contributed by atoms with van der Waals surface area (Å²) in [6.07, 6.45) is 0.794. The fourth-order valence-corrected chi connectivity index (χ4v) is 4.14. The highest BCUT2D eigenvalue weighted by Crippen LogP contribution is 2.40. The van der Waals surface area contributed by atoms with Crippen molar-refractivity contribution in [3.63, 3.8) is 0 Å². The van der Waals surface area contributed by atoms with Crippen LogP contribution in [0.1, 0.15) is 64.0 Å². The molecule has 1 amide bonds. The van der Waals surface area contributed by atoms with Crippen molar-refractivity contribution in [1.29, 1.82) is 0 Å². The smallest absolute Gasteiger partial charge is 0.417 e. The number of amides is 1. The first-order valence-electron chi connectivity index (χ1n) is 10.1.